The van der Waals surface area contributed by atoms with E-state index in [2.05, 4.69) is 30.9 Å². The highest BCUT2D eigenvalue weighted by Gasteiger charge is 2.43. The summed E-state index contributed by atoms with van der Waals surface area (Å²) < 4.78 is 4.85. The van der Waals surface area contributed by atoms with Gasteiger partial charge in [0.25, 0.3) is 0 Å². The van der Waals surface area contributed by atoms with Crippen molar-refractivity contribution in [3.05, 3.63) is 35.4 Å². The van der Waals surface area contributed by atoms with Crippen molar-refractivity contribution in [2.24, 2.45) is 5.73 Å². The lowest BCUT2D eigenvalue weighted by Gasteiger charge is -2.20. The van der Waals surface area contributed by atoms with E-state index in [-0.39, 0.29) is 5.97 Å². The Kier molecular flexibility index (Phi) is 6.87. The first-order chi connectivity index (χ1) is 11.6. The minimum atomic E-state index is -0.833. The molecule has 1 aliphatic carbocycles. The van der Waals surface area contributed by atoms with Gasteiger partial charge in [0.1, 0.15) is 5.54 Å². The minimum Gasteiger partial charge on any atom is -0.468 e. The maximum absolute atomic E-state index is 11.9. The van der Waals surface area contributed by atoms with Gasteiger partial charge in [0, 0.05) is 12.0 Å². The van der Waals surface area contributed by atoms with Crippen molar-refractivity contribution in [1.29, 1.82) is 0 Å². The second-order valence-corrected chi connectivity index (χ2v) is 6.83. The van der Waals surface area contributed by atoms with Gasteiger partial charge < -0.3 is 10.5 Å². The van der Waals surface area contributed by atoms with Crippen molar-refractivity contribution in [1.82, 2.24) is 0 Å². The third kappa shape index (κ3) is 4.85. The van der Waals surface area contributed by atoms with Crippen molar-refractivity contribution in [2.75, 3.05) is 7.11 Å². The molecule has 1 fully saturated rings. The largest absolute Gasteiger partial charge is 0.468 e. The van der Waals surface area contributed by atoms with E-state index in [0.717, 1.165) is 18.4 Å². The molecule has 1 aromatic rings. The first-order valence-electron chi connectivity index (χ1n) is 9.05. The number of nitrogens with two attached hydrogens (primary N) is 1. The minimum absolute atomic E-state index is 0.298. The summed E-state index contributed by atoms with van der Waals surface area (Å²) in [7, 11) is 1.40. The van der Waals surface area contributed by atoms with Gasteiger partial charge in [-0.05, 0) is 49.3 Å². The highest BCUT2D eigenvalue weighted by atomic mass is 16.5. The van der Waals surface area contributed by atoms with Gasteiger partial charge in [-0.1, -0.05) is 50.2 Å². The SMILES string of the molecule is CCCCCCC#Cc1cccc([C@H]2CCC(N)(C(=O)OC)C2)c1. The maximum Gasteiger partial charge on any atom is 0.325 e. The van der Waals surface area contributed by atoms with Crippen LogP contribution >= 0.6 is 0 Å². The molecule has 1 saturated carbocycles. The molecule has 0 aromatic heterocycles. The van der Waals surface area contributed by atoms with E-state index in [9.17, 15) is 4.79 Å². The van der Waals surface area contributed by atoms with Gasteiger partial charge in [0.15, 0.2) is 0 Å². The first kappa shape index (κ1) is 18.5. The predicted molar refractivity (Wildman–Crippen MR) is 97.6 cm³/mol. The molecular formula is C21H29NO2. The molecule has 0 saturated heterocycles. The molecule has 3 heteroatoms. The Hall–Kier alpha value is -1.79. The molecule has 24 heavy (non-hydrogen) atoms. The van der Waals surface area contributed by atoms with Gasteiger partial charge in [-0.25, -0.2) is 0 Å². The van der Waals surface area contributed by atoms with Gasteiger partial charge >= 0.3 is 5.97 Å². The number of hydrogen-bond acceptors (Lipinski definition) is 3. The molecule has 3 nitrogen and oxygen atoms in total. The first-order valence-corrected chi connectivity index (χ1v) is 9.05. The summed E-state index contributed by atoms with van der Waals surface area (Å²) in [5.41, 5.74) is 7.66. The Balaban J connectivity index is 1.96. The van der Waals surface area contributed by atoms with Crippen LogP contribution in [0.4, 0.5) is 0 Å². The number of hydrogen-bond donors (Lipinski definition) is 1. The van der Waals surface area contributed by atoms with Gasteiger partial charge in [0.05, 0.1) is 7.11 Å². The molecule has 0 amide bonds. The molecule has 0 spiro atoms. The second-order valence-electron chi connectivity index (χ2n) is 6.83. The van der Waals surface area contributed by atoms with Crippen molar-refractivity contribution >= 4 is 5.97 Å². The molecule has 2 rings (SSSR count). The van der Waals surface area contributed by atoms with Crippen LogP contribution in [0.25, 0.3) is 0 Å². The number of ether oxygens (including phenoxy) is 1. The number of carbonyl (C=O) groups is 1. The fourth-order valence-electron chi connectivity index (χ4n) is 3.42. The quantitative estimate of drug-likeness (QED) is 0.485. The van der Waals surface area contributed by atoms with Crippen LogP contribution in [0.15, 0.2) is 24.3 Å². The van der Waals surface area contributed by atoms with Crippen LogP contribution < -0.4 is 5.73 Å². The van der Waals surface area contributed by atoms with Crippen LogP contribution in [0.5, 0.6) is 0 Å². The van der Waals surface area contributed by atoms with E-state index in [1.165, 1.54) is 38.4 Å². The monoisotopic (exact) mass is 327 g/mol. The third-order valence-electron chi connectivity index (χ3n) is 4.89. The van der Waals surface area contributed by atoms with Crippen LogP contribution in [0.2, 0.25) is 0 Å². The van der Waals surface area contributed by atoms with E-state index in [0.29, 0.717) is 18.8 Å². The molecule has 1 unspecified atom stereocenters. The molecule has 0 bridgehead atoms. The Bertz CT molecular complexity index is 614. The Morgan fingerprint density at radius 3 is 2.96 bits per heavy atom. The van der Waals surface area contributed by atoms with Crippen LogP contribution in [-0.2, 0) is 9.53 Å². The second kappa shape index (κ2) is 8.89. The number of unbranched alkanes of at least 4 members (excludes halogenated alkanes) is 4. The third-order valence-corrected chi connectivity index (χ3v) is 4.89. The van der Waals surface area contributed by atoms with Crippen LogP contribution in [0.3, 0.4) is 0 Å². The van der Waals surface area contributed by atoms with E-state index < -0.39 is 5.54 Å². The summed E-state index contributed by atoms with van der Waals surface area (Å²) in [6.07, 6.45) is 8.19. The number of rotatable bonds is 6. The Labute approximate surface area is 146 Å². The highest BCUT2D eigenvalue weighted by molar-refractivity contribution is 5.81. The summed E-state index contributed by atoms with van der Waals surface area (Å²) in [6, 6.07) is 8.35. The fourth-order valence-corrected chi connectivity index (χ4v) is 3.42. The average molecular weight is 327 g/mol. The topological polar surface area (TPSA) is 52.3 Å². The van der Waals surface area contributed by atoms with Crippen molar-refractivity contribution in [2.45, 2.75) is 69.7 Å². The molecule has 0 aliphatic heterocycles. The lowest BCUT2D eigenvalue weighted by atomic mass is 9.92. The highest BCUT2D eigenvalue weighted by Crippen LogP contribution is 2.40. The van der Waals surface area contributed by atoms with E-state index >= 15 is 0 Å². The zero-order valence-corrected chi connectivity index (χ0v) is 14.9. The van der Waals surface area contributed by atoms with Crippen molar-refractivity contribution in [3.63, 3.8) is 0 Å². The molecule has 0 heterocycles. The van der Waals surface area contributed by atoms with E-state index in [1.54, 1.807) is 0 Å². The van der Waals surface area contributed by atoms with Crippen LogP contribution in [0, 0.1) is 11.8 Å². The maximum atomic E-state index is 11.9. The number of methoxy groups -OCH3 is 1. The summed E-state index contributed by atoms with van der Waals surface area (Å²) in [4.78, 5) is 11.9. The standard InChI is InChI=1S/C21H29NO2/c1-3-4-5-6-7-8-10-17-11-9-12-18(15-17)19-13-14-21(22,16-19)20(23)24-2/h9,11-12,15,19H,3-7,13-14,16,22H2,1-2H3/t19-,21?/m0/s1. The molecule has 1 aromatic carbocycles. The summed E-state index contributed by atoms with van der Waals surface area (Å²) in [6.45, 7) is 2.22. The number of esters is 1. The molecule has 1 aliphatic rings. The lowest BCUT2D eigenvalue weighted by molar-refractivity contribution is -0.146. The molecule has 2 N–H and O–H groups in total. The van der Waals surface area contributed by atoms with Gasteiger partial charge in [-0.15, -0.1) is 0 Å². The van der Waals surface area contributed by atoms with Gasteiger partial charge in [-0.3, -0.25) is 4.79 Å². The van der Waals surface area contributed by atoms with Gasteiger partial charge in [0.2, 0.25) is 0 Å². The Morgan fingerprint density at radius 2 is 2.21 bits per heavy atom. The lowest BCUT2D eigenvalue weighted by Crippen LogP contribution is -2.46. The normalized spacial score (nSPS) is 22.7. The molecule has 0 radical (unpaired) electrons. The summed E-state index contributed by atoms with van der Waals surface area (Å²) >= 11 is 0. The smallest absolute Gasteiger partial charge is 0.325 e. The number of carbonyl (C=O) groups excluding carboxylic acids is 1. The average Bonchev–Trinajstić information content (AvgIpc) is 3.01. The van der Waals surface area contributed by atoms with E-state index in [4.69, 9.17) is 10.5 Å². The fraction of sp³-hybridized carbons (Fsp3) is 0.571. The van der Waals surface area contributed by atoms with Crippen LogP contribution in [0.1, 0.15) is 75.3 Å². The molecular weight excluding hydrogens is 298 g/mol. The molecule has 130 valence electrons. The summed E-state index contributed by atoms with van der Waals surface area (Å²) in [5.74, 6) is 6.55. The summed E-state index contributed by atoms with van der Waals surface area (Å²) in [5, 5.41) is 0. The van der Waals surface area contributed by atoms with Gasteiger partial charge in [-0.2, -0.15) is 0 Å². The van der Waals surface area contributed by atoms with Crippen molar-refractivity contribution in [3.8, 4) is 11.8 Å². The van der Waals surface area contributed by atoms with E-state index in [1.807, 2.05) is 12.1 Å². The van der Waals surface area contributed by atoms with Crippen LogP contribution in [-0.4, -0.2) is 18.6 Å². The van der Waals surface area contributed by atoms with Crippen molar-refractivity contribution < 1.29 is 9.53 Å². The Morgan fingerprint density at radius 1 is 1.38 bits per heavy atom. The number of benzene rings is 1. The zero-order valence-electron chi connectivity index (χ0n) is 14.9. The molecule has 2 atom stereocenters. The predicted octanol–water partition coefficient (Wildman–Crippen LogP) is 4.15. The zero-order chi connectivity index (χ0) is 17.4.